The van der Waals surface area contributed by atoms with Gasteiger partial charge in [-0.25, -0.2) is 0 Å². The molecule has 2 unspecified atom stereocenters. The Labute approximate surface area is 83.5 Å². The van der Waals surface area contributed by atoms with Gasteiger partial charge in [-0.1, -0.05) is 0 Å². The van der Waals surface area contributed by atoms with Crippen molar-refractivity contribution in [3.05, 3.63) is 5.89 Å². The van der Waals surface area contributed by atoms with Gasteiger partial charge in [0, 0.05) is 20.1 Å². The van der Waals surface area contributed by atoms with Crippen LogP contribution in [0.15, 0.2) is 4.52 Å². The lowest BCUT2D eigenvalue weighted by Gasteiger charge is -2.09. The molecule has 0 amide bonds. The molecule has 78 valence electrons. The Morgan fingerprint density at radius 2 is 2.29 bits per heavy atom. The van der Waals surface area contributed by atoms with E-state index in [1.54, 1.807) is 0 Å². The molecule has 1 saturated heterocycles. The maximum absolute atomic E-state index is 5.24. The number of nitrogens with one attached hydrogen (secondary N) is 1. The van der Waals surface area contributed by atoms with Gasteiger partial charge in [0.05, 0.1) is 5.92 Å². The zero-order valence-electron chi connectivity index (χ0n) is 8.82. The summed E-state index contributed by atoms with van der Waals surface area (Å²) in [6.07, 6.45) is 1.08. The van der Waals surface area contributed by atoms with Gasteiger partial charge >= 0.3 is 0 Å². The normalized spacial score (nSPS) is 26.8. The lowest BCUT2D eigenvalue weighted by molar-refractivity contribution is 0.344. The molecule has 1 aliphatic rings. The van der Waals surface area contributed by atoms with Crippen molar-refractivity contribution in [1.82, 2.24) is 15.5 Å². The van der Waals surface area contributed by atoms with Crippen LogP contribution in [0.3, 0.4) is 0 Å². The average Bonchev–Trinajstić information content (AvgIpc) is 2.71. The van der Waals surface area contributed by atoms with E-state index in [0.717, 1.165) is 18.9 Å². The largest absolute Gasteiger partial charge is 0.344 e. The van der Waals surface area contributed by atoms with Crippen LogP contribution in [0, 0.1) is 0 Å². The van der Waals surface area contributed by atoms with E-state index in [9.17, 15) is 0 Å². The minimum Gasteiger partial charge on any atom is -0.344 e. The summed E-state index contributed by atoms with van der Waals surface area (Å²) in [5, 5.41) is 7.27. The topological polar surface area (TPSA) is 54.2 Å². The third-order valence-electron chi connectivity index (χ3n) is 2.67. The second-order valence-electron chi connectivity index (χ2n) is 3.97. The van der Waals surface area contributed by atoms with E-state index >= 15 is 0 Å². The van der Waals surface area contributed by atoms with Crippen LogP contribution in [0.2, 0.25) is 0 Å². The van der Waals surface area contributed by atoms with Gasteiger partial charge in [0.1, 0.15) is 0 Å². The molecule has 1 aromatic heterocycles. The molecule has 1 fully saturated rings. The van der Waals surface area contributed by atoms with Crippen molar-refractivity contribution in [2.75, 3.05) is 25.5 Å². The van der Waals surface area contributed by atoms with Gasteiger partial charge in [0.15, 0.2) is 0 Å². The lowest BCUT2D eigenvalue weighted by atomic mass is 10.0. The minimum atomic E-state index is 0.371. The van der Waals surface area contributed by atoms with E-state index in [-0.39, 0.29) is 0 Å². The van der Waals surface area contributed by atoms with Gasteiger partial charge in [0.25, 0.3) is 5.95 Å². The number of hydrogen-bond donors (Lipinski definition) is 1. The van der Waals surface area contributed by atoms with Crippen LogP contribution in [0.1, 0.15) is 25.2 Å². The Morgan fingerprint density at radius 3 is 2.79 bits per heavy atom. The second-order valence-corrected chi connectivity index (χ2v) is 3.97. The van der Waals surface area contributed by atoms with Crippen LogP contribution >= 0.6 is 0 Å². The summed E-state index contributed by atoms with van der Waals surface area (Å²) >= 11 is 0. The summed E-state index contributed by atoms with van der Waals surface area (Å²) < 4.78 is 5.24. The fourth-order valence-corrected chi connectivity index (χ4v) is 1.76. The summed E-state index contributed by atoms with van der Waals surface area (Å²) in [6, 6.07) is 0.436. The van der Waals surface area contributed by atoms with Crippen LogP contribution in [0.4, 0.5) is 5.95 Å². The first kappa shape index (κ1) is 9.45. The molecule has 0 radical (unpaired) electrons. The predicted octanol–water partition coefficient (Wildman–Crippen LogP) is 0.601. The molecule has 0 aromatic carbocycles. The van der Waals surface area contributed by atoms with E-state index in [2.05, 4.69) is 22.4 Å². The van der Waals surface area contributed by atoms with E-state index in [1.165, 1.54) is 0 Å². The minimum absolute atomic E-state index is 0.371. The Bertz CT molecular complexity index is 310. The highest BCUT2D eigenvalue weighted by Gasteiger charge is 2.29. The molecule has 2 rings (SSSR count). The first-order valence-electron chi connectivity index (χ1n) is 4.93. The van der Waals surface area contributed by atoms with Gasteiger partial charge in [-0.3, -0.25) is 0 Å². The first-order chi connectivity index (χ1) is 6.68. The number of anilines is 1. The van der Waals surface area contributed by atoms with E-state index in [4.69, 9.17) is 4.52 Å². The van der Waals surface area contributed by atoms with Gasteiger partial charge in [0.2, 0.25) is 5.89 Å². The molecule has 1 N–H and O–H groups in total. The van der Waals surface area contributed by atoms with Crippen molar-refractivity contribution in [3.8, 4) is 0 Å². The highest BCUT2D eigenvalue weighted by Crippen LogP contribution is 2.26. The van der Waals surface area contributed by atoms with Crippen LogP contribution in [0.5, 0.6) is 0 Å². The summed E-state index contributed by atoms with van der Waals surface area (Å²) in [5.41, 5.74) is 0. The van der Waals surface area contributed by atoms with Crippen LogP contribution in [-0.2, 0) is 0 Å². The van der Waals surface area contributed by atoms with Crippen molar-refractivity contribution >= 4 is 5.95 Å². The standard InChI is InChI=1S/C9H16N4O/c1-6-7(4-5-10-6)8-11-9(12-14-8)13(2)3/h6-7,10H,4-5H2,1-3H3. The van der Waals surface area contributed by atoms with E-state index in [1.807, 2.05) is 19.0 Å². The first-order valence-corrected chi connectivity index (χ1v) is 4.93. The Kier molecular flexibility index (Phi) is 2.41. The Balaban J connectivity index is 2.16. The van der Waals surface area contributed by atoms with Crippen molar-refractivity contribution in [2.45, 2.75) is 25.3 Å². The predicted molar refractivity (Wildman–Crippen MR) is 53.4 cm³/mol. The third-order valence-corrected chi connectivity index (χ3v) is 2.67. The van der Waals surface area contributed by atoms with E-state index < -0.39 is 0 Å². The highest BCUT2D eigenvalue weighted by atomic mass is 16.5. The molecular weight excluding hydrogens is 180 g/mol. The van der Waals surface area contributed by atoms with Gasteiger partial charge in [-0.15, -0.1) is 0 Å². The summed E-state index contributed by atoms with van der Waals surface area (Å²) in [6.45, 7) is 3.18. The molecular formula is C9H16N4O. The summed E-state index contributed by atoms with van der Waals surface area (Å²) in [7, 11) is 3.82. The molecule has 0 bridgehead atoms. The summed E-state index contributed by atoms with van der Waals surface area (Å²) in [4.78, 5) is 6.20. The van der Waals surface area contributed by atoms with Gasteiger partial charge in [-0.2, -0.15) is 4.98 Å². The number of nitrogens with zero attached hydrogens (tertiary/aromatic N) is 3. The quantitative estimate of drug-likeness (QED) is 0.750. The molecule has 5 heteroatoms. The number of rotatable bonds is 2. The van der Waals surface area contributed by atoms with Crippen molar-refractivity contribution < 1.29 is 4.52 Å². The van der Waals surface area contributed by atoms with Crippen LogP contribution < -0.4 is 10.2 Å². The molecule has 14 heavy (non-hydrogen) atoms. The zero-order chi connectivity index (χ0) is 10.1. The monoisotopic (exact) mass is 196 g/mol. The fraction of sp³-hybridized carbons (Fsp3) is 0.778. The van der Waals surface area contributed by atoms with Crippen molar-refractivity contribution in [2.24, 2.45) is 0 Å². The molecule has 2 atom stereocenters. The number of hydrogen-bond acceptors (Lipinski definition) is 5. The Hall–Kier alpha value is -1.10. The smallest absolute Gasteiger partial charge is 0.265 e. The van der Waals surface area contributed by atoms with Crippen LogP contribution in [-0.4, -0.2) is 36.8 Å². The maximum Gasteiger partial charge on any atom is 0.265 e. The maximum atomic E-state index is 5.24. The second kappa shape index (κ2) is 3.57. The van der Waals surface area contributed by atoms with Gasteiger partial charge in [-0.05, 0) is 25.0 Å². The Morgan fingerprint density at radius 1 is 1.50 bits per heavy atom. The van der Waals surface area contributed by atoms with Crippen LogP contribution in [0.25, 0.3) is 0 Å². The average molecular weight is 196 g/mol. The van der Waals surface area contributed by atoms with E-state index in [0.29, 0.717) is 17.9 Å². The lowest BCUT2D eigenvalue weighted by Crippen LogP contribution is -2.21. The molecule has 0 spiro atoms. The fourth-order valence-electron chi connectivity index (χ4n) is 1.76. The number of aromatic nitrogens is 2. The molecule has 5 nitrogen and oxygen atoms in total. The SMILES string of the molecule is CC1NCCC1c1nc(N(C)C)no1. The molecule has 1 aliphatic heterocycles. The molecule has 2 heterocycles. The highest BCUT2D eigenvalue weighted by molar-refractivity contribution is 5.24. The van der Waals surface area contributed by atoms with Crippen molar-refractivity contribution in [3.63, 3.8) is 0 Å². The zero-order valence-corrected chi connectivity index (χ0v) is 8.82. The third kappa shape index (κ3) is 1.59. The van der Waals surface area contributed by atoms with Crippen molar-refractivity contribution in [1.29, 1.82) is 0 Å². The molecule has 0 saturated carbocycles. The molecule has 1 aromatic rings. The molecule has 0 aliphatic carbocycles. The van der Waals surface area contributed by atoms with Gasteiger partial charge < -0.3 is 14.7 Å². The summed E-state index contributed by atoms with van der Waals surface area (Å²) in [5.74, 6) is 1.78.